The lowest BCUT2D eigenvalue weighted by Crippen LogP contribution is -2.36. The molecule has 3 heteroatoms. The maximum absolute atomic E-state index is 11.3. The highest BCUT2D eigenvalue weighted by molar-refractivity contribution is 5.91. The van der Waals surface area contributed by atoms with Gasteiger partial charge in [0.05, 0.1) is 13.2 Å². The van der Waals surface area contributed by atoms with Gasteiger partial charge in [0.15, 0.2) is 0 Å². The van der Waals surface area contributed by atoms with Gasteiger partial charge in [0.1, 0.15) is 5.76 Å². The van der Waals surface area contributed by atoms with Crippen LogP contribution >= 0.6 is 0 Å². The third-order valence-corrected chi connectivity index (χ3v) is 2.74. The van der Waals surface area contributed by atoms with Crippen LogP contribution in [0.1, 0.15) is 20.3 Å². The lowest BCUT2D eigenvalue weighted by molar-refractivity contribution is -0.125. The van der Waals surface area contributed by atoms with Crippen molar-refractivity contribution in [1.29, 1.82) is 0 Å². The average molecular weight is 183 g/mol. The van der Waals surface area contributed by atoms with E-state index in [4.69, 9.17) is 4.74 Å². The van der Waals surface area contributed by atoms with E-state index >= 15 is 0 Å². The van der Waals surface area contributed by atoms with Gasteiger partial charge in [-0.25, -0.2) is 0 Å². The maximum Gasteiger partial charge on any atom is 0.250 e. The fraction of sp³-hybridized carbons (Fsp3) is 0.700. The van der Waals surface area contributed by atoms with Gasteiger partial charge in [0, 0.05) is 13.1 Å². The first-order valence-electron chi connectivity index (χ1n) is 4.64. The summed E-state index contributed by atoms with van der Waals surface area (Å²) >= 11 is 0. The molecule has 0 aliphatic carbocycles. The molecule has 0 spiro atoms. The Morgan fingerprint density at radius 3 is 2.77 bits per heavy atom. The number of rotatable bonds is 3. The Bertz CT molecular complexity index is 235. The molecule has 0 radical (unpaired) electrons. The van der Waals surface area contributed by atoms with Crippen LogP contribution in [0.15, 0.2) is 11.8 Å². The summed E-state index contributed by atoms with van der Waals surface area (Å²) in [6.45, 7) is 4.25. The number of hydrogen-bond donors (Lipinski definition) is 0. The summed E-state index contributed by atoms with van der Waals surface area (Å²) in [5, 5.41) is 0. The second-order valence-electron chi connectivity index (χ2n) is 3.53. The number of nitrogens with zero attached hydrogens (tertiary/aromatic N) is 1. The summed E-state index contributed by atoms with van der Waals surface area (Å²) in [5.74, 6) is 1.28. The van der Waals surface area contributed by atoms with Gasteiger partial charge >= 0.3 is 0 Å². The molecule has 0 saturated heterocycles. The zero-order valence-electron chi connectivity index (χ0n) is 8.70. The zero-order valence-corrected chi connectivity index (χ0v) is 8.70. The highest BCUT2D eigenvalue weighted by Gasteiger charge is 2.34. The minimum atomic E-state index is 0.0437. The molecular weight excluding hydrogens is 166 g/mol. The molecule has 1 amide bonds. The number of carbonyl (C=O) groups excluding carboxylic acids is 1. The summed E-state index contributed by atoms with van der Waals surface area (Å²) in [5.41, 5.74) is 0. The van der Waals surface area contributed by atoms with E-state index in [1.165, 1.54) is 0 Å². The van der Waals surface area contributed by atoms with Gasteiger partial charge in [0.2, 0.25) is 5.91 Å². The van der Waals surface area contributed by atoms with Gasteiger partial charge in [-0.2, -0.15) is 0 Å². The summed E-state index contributed by atoms with van der Waals surface area (Å²) in [6, 6.07) is 0.127. The van der Waals surface area contributed by atoms with E-state index in [0.29, 0.717) is 5.92 Å². The van der Waals surface area contributed by atoms with Gasteiger partial charge in [-0.1, -0.05) is 20.3 Å². The van der Waals surface area contributed by atoms with Crippen molar-refractivity contribution in [2.24, 2.45) is 5.92 Å². The third kappa shape index (κ3) is 1.69. The van der Waals surface area contributed by atoms with Crippen LogP contribution in [0.2, 0.25) is 0 Å². The summed E-state index contributed by atoms with van der Waals surface area (Å²) < 4.78 is 5.19. The van der Waals surface area contributed by atoms with Crippen LogP contribution in [0, 0.1) is 5.92 Å². The first kappa shape index (κ1) is 10.1. The van der Waals surface area contributed by atoms with Crippen LogP contribution in [-0.2, 0) is 9.53 Å². The van der Waals surface area contributed by atoms with Crippen LogP contribution < -0.4 is 0 Å². The van der Waals surface area contributed by atoms with Crippen molar-refractivity contribution in [3.63, 3.8) is 0 Å². The zero-order chi connectivity index (χ0) is 10.0. The van der Waals surface area contributed by atoms with E-state index in [9.17, 15) is 4.79 Å². The molecule has 0 fully saturated rings. The first-order chi connectivity index (χ1) is 6.11. The highest BCUT2D eigenvalue weighted by atomic mass is 16.5. The van der Waals surface area contributed by atoms with Crippen LogP contribution in [0.4, 0.5) is 0 Å². The molecule has 1 heterocycles. The Hall–Kier alpha value is -0.990. The van der Waals surface area contributed by atoms with Crippen molar-refractivity contribution in [2.75, 3.05) is 14.2 Å². The van der Waals surface area contributed by atoms with E-state index < -0.39 is 0 Å². The maximum atomic E-state index is 11.3. The van der Waals surface area contributed by atoms with E-state index in [0.717, 1.165) is 12.2 Å². The van der Waals surface area contributed by atoms with E-state index in [1.807, 2.05) is 7.05 Å². The van der Waals surface area contributed by atoms with E-state index in [-0.39, 0.29) is 11.9 Å². The molecule has 1 aliphatic rings. The molecule has 0 unspecified atom stereocenters. The van der Waals surface area contributed by atoms with Gasteiger partial charge in [0.25, 0.3) is 0 Å². The molecule has 0 N–H and O–H groups in total. The topological polar surface area (TPSA) is 29.5 Å². The van der Waals surface area contributed by atoms with Crippen molar-refractivity contribution >= 4 is 5.91 Å². The van der Waals surface area contributed by atoms with Crippen molar-refractivity contribution < 1.29 is 9.53 Å². The number of ether oxygens (including phenoxy) is 1. The molecule has 0 bridgehead atoms. The first-order valence-corrected chi connectivity index (χ1v) is 4.64. The smallest absolute Gasteiger partial charge is 0.250 e. The quantitative estimate of drug-likeness (QED) is 0.662. The molecule has 0 aromatic carbocycles. The van der Waals surface area contributed by atoms with Crippen LogP contribution in [0.3, 0.4) is 0 Å². The molecule has 0 saturated carbocycles. The predicted octanol–water partition coefficient (Wildman–Crippen LogP) is 1.40. The fourth-order valence-corrected chi connectivity index (χ4v) is 1.70. The van der Waals surface area contributed by atoms with Crippen molar-refractivity contribution in [3.8, 4) is 0 Å². The SMILES string of the molecule is CC[C@H](C)[C@H]1C(OC)=CC(=O)N1C. The van der Waals surface area contributed by atoms with Crippen molar-refractivity contribution in [2.45, 2.75) is 26.3 Å². The molecule has 3 nitrogen and oxygen atoms in total. The number of hydrogen-bond acceptors (Lipinski definition) is 2. The lowest BCUT2D eigenvalue weighted by atomic mass is 9.98. The number of amides is 1. The average Bonchev–Trinajstić information content (AvgIpc) is 2.42. The Balaban J connectivity index is 2.83. The molecular formula is C10H17NO2. The summed E-state index contributed by atoms with van der Waals surface area (Å²) in [4.78, 5) is 13.1. The van der Waals surface area contributed by atoms with E-state index in [2.05, 4.69) is 13.8 Å². The Kier molecular flexibility index (Phi) is 2.96. The number of likely N-dealkylation sites (N-methyl/N-ethyl adjacent to an activating group) is 1. The largest absolute Gasteiger partial charge is 0.499 e. The molecule has 13 heavy (non-hydrogen) atoms. The number of methoxy groups -OCH3 is 1. The van der Waals surface area contributed by atoms with Crippen LogP contribution in [0.5, 0.6) is 0 Å². The summed E-state index contributed by atoms with van der Waals surface area (Å²) in [6.07, 6.45) is 2.62. The molecule has 2 atom stereocenters. The molecule has 74 valence electrons. The Morgan fingerprint density at radius 2 is 2.31 bits per heavy atom. The van der Waals surface area contributed by atoms with E-state index in [1.54, 1.807) is 18.1 Å². The minimum absolute atomic E-state index is 0.0437. The van der Waals surface area contributed by atoms with Crippen LogP contribution in [-0.4, -0.2) is 31.0 Å². The Labute approximate surface area is 79.4 Å². The molecule has 0 aromatic rings. The van der Waals surface area contributed by atoms with Gasteiger partial charge in [-0.3, -0.25) is 4.79 Å². The highest BCUT2D eigenvalue weighted by Crippen LogP contribution is 2.26. The van der Waals surface area contributed by atoms with Crippen molar-refractivity contribution in [3.05, 3.63) is 11.8 Å². The second kappa shape index (κ2) is 3.81. The minimum Gasteiger partial charge on any atom is -0.499 e. The van der Waals surface area contributed by atoms with Gasteiger partial charge in [-0.15, -0.1) is 0 Å². The fourth-order valence-electron chi connectivity index (χ4n) is 1.70. The Morgan fingerprint density at radius 1 is 1.69 bits per heavy atom. The molecule has 1 rings (SSSR count). The molecule has 1 aliphatic heterocycles. The monoisotopic (exact) mass is 183 g/mol. The normalized spacial score (nSPS) is 24.6. The molecule has 0 aromatic heterocycles. The van der Waals surface area contributed by atoms with Gasteiger partial charge in [-0.05, 0) is 5.92 Å². The second-order valence-corrected chi connectivity index (χ2v) is 3.53. The predicted molar refractivity (Wildman–Crippen MR) is 51.1 cm³/mol. The third-order valence-electron chi connectivity index (χ3n) is 2.74. The standard InChI is InChI=1S/C10H17NO2/c1-5-7(2)10-8(13-4)6-9(12)11(10)3/h6-7,10H,5H2,1-4H3/t7-,10-/m0/s1. The summed E-state index contributed by atoms with van der Waals surface area (Å²) in [7, 11) is 3.44. The number of carbonyl (C=O) groups is 1. The van der Waals surface area contributed by atoms with Crippen LogP contribution in [0.25, 0.3) is 0 Å². The van der Waals surface area contributed by atoms with Gasteiger partial charge < -0.3 is 9.64 Å². The lowest BCUT2D eigenvalue weighted by Gasteiger charge is -2.27. The van der Waals surface area contributed by atoms with Crippen molar-refractivity contribution in [1.82, 2.24) is 4.90 Å².